The molecule has 0 aliphatic carbocycles. The van der Waals surface area contributed by atoms with E-state index in [1.54, 1.807) is 14.2 Å². The second-order valence-electron chi connectivity index (χ2n) is 6.00. The van der Waals surface area contributed by atoms with E-state index in [1.165, 1.54) is 0 Å². The number of likely N-dealkylation sites (N-methyl/N-ethyl adjacent to an activating group) is 1. The van der Waals surface area contributed by atoms with E-state index in [1.807, 2.05) is 0 Å². The van der Waals surface area contributed by atoms with Crippen LogP contribution in [0, 0.1) is 5.41 Å². The third-order valence-corrected chi connectivity index (χ3v) is 3.54. The highest BCUT2D eigenvalue weighted by Gasteiger charge is 2.24. The molecule has 5 nitrogen and oxygen atoms in total. The van der Waals surface area contributed by atoms with Gasteiger partial charge in [-0.1, -0.05) is 34.6 Å². The molecular formula is C15H34N4O. The topological polar surface area (TPSA) is 48.9 Å². The summed E-state index contributed by atoms with van der Waals surface area (Å²) in [5.74, 6) is 0.837. The van der Waals surface area contributed by atoms with Gasteiger partial charge in [-0.3, -0.25) is 4.99 Å². The summed E-state index contributed by atoms with van der Waals surface area (Å²) in [4.78, 5) is 6.63. The fourth-order valence-electron chi connectivity index (χ4n) is 2.03. The molecule has 0 aromatic rings. The van der Waals surface area contributed by atoms with Crippen LogP contribution >= 0.6 is 0 Å². The third kappa shape index (κ3) is 7.70. The summed E-state index contributed by atoms with van der Waals surface area (Å²) in [5, 5.41) is 6.67. The molecule has 0 fully saturated rings. The van der Waals surface area contributed by atoms with E-state index in [0.717, 1.165) is 38.7 Å². The van der Waals surface area contributed by atoms with Crippen LogP contribution in [-0.2, 0) is 4.74 Å². The van der Waals surface area contributed by atoms with E-state index in [-0.39, 0.29) is 11.5 Å². The van der Waals surface area contributed by atoms with Crippen LogP contribution in [0.4, 0.5) is 0 Å². The Balaban J connectivity index is 4.11. The maximum atomic E-state index is 5.53. The summed E-state index contributed by atoms with van der Waals surface area (Å²) in [7, 11) is 3.56. The van der Waals surface area contributed by atoms with Crippen molar-refractivity contribution in [1.82, 2.24) is 15.5 Å². The normalized spacial score (nSPS) is 14.5. The highest BCUT2D eigenvalue weighted by Crippen LogP contribution is 2.20. The highest BCUT2D eigenvalue weighted by molar-refractivity contribution is 5.79. The van der Waals surface area contributed by atoms with Crippen LogP contribution in [0.5, 0.6) is 0 Å². The molecule has 0 aromatic heterocycles. The van der Waals surface area contributed by atoms with Gasteiger partial charge in [0.2, 0.25) is 0 Å². The van der Waals surface area contributed by atoms with Gasteiger partial charge in [0.1, 0.15) is 0 Å². The minimum absolute atomic E-state index is 0.113. The van der Waals surface area contributed by atoms with E-state index >= 15 is 0 Å². The summed E-state index contributed by atoms with van der Waals surface area (Å²) in [6, 6.07) is 0. The summed E-state index contributed by atoms with van der Waals surface area (Å²) < 4.78 is 5.53. The molecule has 0 bridgehead atoms. The van der Waals surface area contributed by atoms with E-state index in [2.05, 4.69) is 55.1 Å². The molecule has 5 heteroatoms. The lowest BCUT2D eigenvalue weighted by Crippen LogP contribution is -2.46. The molecule has 0 spiro atoms. The van der Waals surface area contributed by atoms with Crippen molar-refractivity contribution in [3.8, 4) is 0 Å². The number of ether oxygens (including phenoxy) is 1. The van der Waals surface area contributed by atoms with Gasteiger partial charge in [-0.2, -0.15) is 0 Å². The average molecular weight is 286 g/mol. The zero-order chi connectivity index (χ0) is 15.6. The predicted molar refractivity (Wildman–Crippen MR) is 87.4 cm³/mol. The number of nitrogens with one attached hydrogen (secondary N) is 2. The van der Waals surface area contributed by atoms with Gasteiger partial charge in [0.25, 0.3) is 0 Å². The van der Waals surface area contributed by atoms with Crippen LogP contribution in [0.1, 0.15) is 34.6 Å². The molecule has 0 heterocycles. The number of rotatable bonds is 8. The van der Waals surface area contributed by atoms with Gasteiger partial charge in [-0.15, -0.1) is 0 Å². The maximum Gasteiger partial charge on any atom is 0.191 e. The van der Waals surface area contributed by atoms with E-state index < -0.39 is 0 Å². The minimum Gasteiger partial charge on any atom is -0.379 e. The quantitative estimate of drug-likeness (QED) is 0.525. The third-order valence-electron chi connectivity index (χ3n) is 3.54. The monoisotopic (exact) mass is 286 g/mol. The molecule has 0 radical (unpaired) electrons. The highest BCUT2D eigenvalue weighted by atomic mass is 16.5. The molecule has 0 rings (SSSR count). The zero-order valence-corrected chi connectivity index (χ0v) is 14.4. The second-order valence-corrected chi connectivity index (χ2v) is 6.00. The first-order chi connectivity index (χ1) is 9.38. The Labute approximate surface area is 125 Å². The van der Waals surface area contributed by atoms with Gasteiger partial charge in [-0.25, -0.2) is 0 Å². The summed E-state index contributed by atoms with van der Waals surface area (Å²) in [6.07, 6.45) is 0.156. The molecule has 0 aliphatic rings. The van der Waals surface area contributed by atoms with Crippen molar-refractivity contribution in [3.63, 3.8) is 0 Å². The first-order valence-corrected chi connectivity index (χ1v) is 7.58. The second kappa shape index (κ2) is 10.00. The molecule has 0 saturated heterocycles. The molecule has 0 amide bonds. The largest absolute Gasteiger partial charge is 0.379 e. The molecule has 1 unspecified atom stereocenters. The average Bonchev–Trinajstić information content (AvgIpc) is 2.40. The van der Waals surface area contributed by atoms with Gasteiger partial charge in [-0.05, 0) is 18.5 Å². The summed E-state index contributed by atoms with van der Waals surface area (Å²) in [5.41, 5.74) is 0.113. The van der Waals surface area contributed by atoms with Crippen LogP contribution in [0.3, 0.4) is 0 Å². The van der Waals surface area contributed by atoms with Gasteiger partial charge in [0.15, 0.2) is 5.96 Å². The molecule has 0 aliphatic heterocycles. The predicted octanol–water partition coefficient (Wildman–Crippen LogP) is 1.55. The lowest BCUT2D eigenvalue weighted by molar-refractivity contribution is 0.0205. The van der Waals surface area contributed by atoms with Crippen molar-refractivity contribution >= 4 is 5.96 Å². The smallest absolute Gasteiger partial charge is 0.191 e. The lowest BCUT2D eigenvalue weighted by atomic mass is 9.89. The number of methoxy groups -OCH3 is 1. The van der Waals surface area contributed by atoms with Crippen LogP contribution in [0.25, 0.3) is 0 Å². The molecular weight excluding hydrogens is 252 g/mol. The Hall–Kier alpha value is -0.810. The van der Waals surface area contributed by atoms with Crippen molar-refractivity contribution in [2.45, 2.75) is 40.7 Å². The maximum absolute atomic E-state index is 5.53. The van der Waals surface area contributed by atoms with Crippen molar-refractivity contribution in [3.05, 3.63) is 0 Å². The molecule has 120 valence electrons. The van der Waals surface area contributed by atoms with Crippen molar-refractivity contribution < 1.29 is 4.74 Å². The van der Waals surface area contributed by atoms with Crippen LogP contribution in [0.15, 0.2) is 4.99 Å². The number of hydrogen-bond donors (Lipinski definition) is 2. The number of nitrogens with zero attached hydrogens (tertiary/aromatic N) is 2. The molecule has 2 N–H and O–H groups in total. The van der Waals surface area contributed by atoms with Gasteiger partial charge < -0.3 is 20.3 Å². The van der Waals surface area contributed by atoms with Crippen LogP contribution in [-0.4, -0.2) is 63.8 Å². The number of aliphatic imine (C=N–C) groups is 1. The molecule has 0 aromatic carbocycles. The zero-order valence-electron chi connectivity index (χ0n) is 14.4. The van der Waals surface area contributed by atoms with Crippen LogP contribution < -0.4 is 10.6 Å². The summed E-state index contributed by atoms with van der Waals surface area (Å²) >= 11 is 0. The van der Waals surface area contributed by atoms with Crippen LogP contribution in [0.2, 0.25) is 0 Å². The fourth-order valence-corrected chi connectivity index (χ4v) is 2.03. The Kier molecular flexibility index (Phi) is 9.59. The summed E-state index contributed by atoms with van der Waals surface area (Å²) in [6.45, 7) is 15.8. The Morgan fingerprint density at radius 3 is 2.20 bits per heavy atom. The van der Waals surface area contributed by atoms with E-state index in [9.17, 15) is 0 Å². The van der Waals surface area contributed by atoms with Crippen molar-refractivity contribution in [2.24, 2.45) is 10.4 Å². The Bertz CT molecular complexity index is 270. The van der Waals surface area contributed by atoms with Gasteiger partial charge in [0.05, 0.1) is 6.10 Å². The molecule has 20 heavy (non-hydrogen) atoms. The number of guanidine groups is 1. The Morgan fingerprint density at radius 2 is 1.80 bits per heavy atom. The lowest BCUT2D eigenvalue weighted by Gasteiger charge is -2.30. The Morgan fingerprint density at radius 1 is 1.20 bits per heavy atom. The molecule has 0 saturated carbocycles. The first kappa shape index (κ1) is 19.2. The van der Waals surface area contributed by atoms with Gasteiger partial charge >= 0.3 is 0 Å². The van der Waals surface area contributed by atoms with Crippen molar-refractivity contribution in [2.75, 3.05) is 46.9 Å². The minimum atomic E-state index is 0.113. The van der Waals surface area contributed by atoms with Gasteiger partial charge in [0, 0.05) is 33.8 Å². The fraction of sp³-hybridized carbons (Fsp3) is 0.933. The SMILES string of the molecule is CCN(CC)CCNC(=NC)NCC(OC)C(C)(C)C. The first-order valence-electron chi connectivity index (χ1n) is 7.58. The standard InChI is InChI=1S/C15H34N4O/c1-8-19(9-2)11-10-17-14(16-6)18-12-13(20-7)15(3,4)5/h13H,8-12H2,1-7H3,(H2,16,17,18). The number of hydrogen-bond acceptors (Lipinski definition) is 3. The molecule has 1 atom stereocenters. The van der Waals surface area contributed by atoms with E-state index in [4.69, 9.17) is 4.74 Å². The van der Waals surface area contributed by atoms with E-state index in [0.29, 0.717) is 0 Å². The van der Waals surface area contributed by atoms with Crippen molar-refractivity contribution in [1.29, 1.82) is 0 Å².